The van der Waals surface area contributed by atoms with Crippen LogP contribution in [0.4, 0.5) is 5.00 Å². The number of rotatable bonds is 4. The number of hydrogen-bond acceptors (Lipinski definition) is 6. The third-order valence-electron chi connectivity index (χ3n) is 3.25. The quantitative estimate of drug-likeness (QED) is 0.560. The highest BCUT2D eigenvalue weighted by Crippen LogP contribution is 2.34. The van der Waals surface area contributed by atoms with Crippen molar-refractivity contribution in [1.29, 1.82) is 0 Å². The third-order valence-corrected chi connectivity index (χ3v) is 5.38. The van der Waals surface area contributed by atoms with E-state index in [2.05, 4.69) is 27.9 Å². The maximum Gasteiger partial charge on any atom is 0.348 e. The van der Waals surface area contributed by atoms with E-state index in [1.807, 2.05) is 6.07 Å². The largest absolute Gasteiger partial charge is 0.465 e. The number of halogens is 1. The van der Waals surface area contributed by atoms with Gasteiger partial charge in [-0.05, 0) is 47.2 Å². The van der Waals surface area contributed by atoms with Gasteiger partial charge in [-0.25, -0.2) is 9.59 Å². The number of carbonyl (C=O) groups excluding carboxylic acids is 3. The molecule has 1 amide bonds. The van der Waals surface area contributed by atoms with Gasteiger partial charge in [-0.15, -0.1) is 11.3 Å². The molecule has 0 saturated heterocycles. The molecule has 6 nitrogen and oxygen atoms in total. The first-order chi connectivity index (χ1) is 11.4. The smallest absolute Gasteiger partial charge is 0.348 e. The van der Waals surface area contributed by atoms with Crippen LogP contribution in [0.5, 0.6) is 0 Å². The highest BCUT2D eigenvalue weighted by molar-refractivity contribution is 14.1. The number of thiophene rings is 1. The van der Waals surface area contributed by atoms with E-state index in [-0.39, 0.29) is 21.3 Å². The fourth-order valence-electron chi connectivity index (χ4n) is 2.05. The normalized spacial score (nSPS) is 10.2. The third kappa shape index (κ3) is 3.59. The van der Waals surface area contributed by atoms with Gasteiger partial charge in [-0.1, -0.05) is 12.1 Å². The Balaban J connectivity index is 2.46. The molecule has 0 atom stereocenters. The lowest BCUT2D eigenvalue weighted by Crippen LogP contribution is -2.15. The van der Waals surface area contributed by atoms with Crippen molar-refractivity contribution in [1.82, 2.24) is 0 Å². The molecule has 1 aromatic carbocycles. The van der Waals surface area contributed by atoms with Gasteiger partial charge in [0, 0.05) is 3.57 Å². The molecule has 126 valence electrons. The minimum absolute atomic E-state index is 0.155. The minimum Gasteiger partial charge on any atom is -0.465 e. The van der Waals surface area contributed by atoms with Gasteiger partial charge in [-0.3, -0.25) is 4.79 Å². The molecule has 1 heterocycles. The van der Waals surface area contributed by atoms with Crippen LogP contribution in [0.3, 0.4) is 0 Å². The highest BCUT2D eigenvalue weighted by Gasteiger charge is 2.27. The molecule has 2 rings (SSSR count). The molecular weight excluding hydrogens is 445 g/mol. The summed E-state index contributed by atoms with van der Waals surface area (Å²) < 4.78 is 10.2. The summed E-state index contributed by atoms with van der Waals surface area (Å²) in [5.74, 6) is -1.57. The van der Waals surface area contributed by atoms with Gasteiger partial charge >= 0.3 is 11.9 Å². The Bertz CT molecular complexity index is 815. The Hall–Kier alpha value is -1.94. The fourth-order valence-corrected chi connectivity index (χ4v) is 3.79. The minimum atomic E-state index is -0.628. The molecule has 0 saturated carbocycles. The molecule has 8 heteroatoms. The summed E-state index contributed by atoms with van der Waals surface area (Å²) in [7, 11) is 2.49. The van der Waals surface area contributed by atoms with Crippen molar-refractivity contribution in [3.05, 3.63) is 49.4 Å². The average molecular weight is 459 g/mol. The number of esters is 2. The van der Waals surface area contributed by atoms with Crippen LogP contribution < -0.4 is 5.32 Å². The summed E-state index contributed by atoms with van der Waals surface area (Å²) in [6.45, 7) is 1.61. The van der Waals surface area contributed by atoms with Crippen molar-refractivity contribution < 1.29 is 23.9 Å². The van der Waals surface area contributed by atoms with Gasteiger partial charge in [0.2, 0.25) is 0 Å². The summed E-state index contributed by atoms with van der Waals surface area (Å²) in [6, 6.07) is 7.05. The van der Waals surface area contributed by atoms with Crippen LogP contribution >= 0.6 is 33.9 Å². The standard InChI is InChI=1S/C16H14INO5S/c1-8-11(15(20)22-2)14(24-12(8)16(21)23-3)18-13(19)9-6-4-5-7-10(9)17/h4-7H,1-3H3,(H,18,19). The van der Waals surface area contributed by atoms with E-state index in [9.17, 15) is 14.4 Å². The molecule has 0 spiro atoms. The van der Waals surface area contributed by atoms with Crippen LogP contribution in [0.25, 0.3) is 0 Å². The molecule has 24 heavy (non-hydrogen) atoms. The lowest BCUT2D eigenvalue weighted by atomic mass is 10.1. The number of carbonyl (C=O) groups is 3. The monoisotopic (exact) mass is 459 g/mol. The Morgan fingerprint density at radius 1 is 1.08 bits per heavy atom. The fraction of sp³-hybridized carbons (Fsp3) is 0.188. The van der Waals surface area contributed by atoms with E-state index in [0.717, 1.165) is 14.9 Å². The van der Waals surface area contributed by atoms with Crippen molar-refractivity contribution in [3.63, 3.8) is 0 Å². The number of amides is 1. The maximum absolute atomic E-state index is 12.5. The van der Waals surface area contributed by atoms with Gasteiger partial charge in [-0.2, -0.15) is 0 Å². The number of anilines is 1. The topological polar surface area (TPSA) is 81.7 Å². The van der Waals surface area contributed by atoms with E-state index in [0.29, 0.717) is 11.1 Å². The summed E-state index contributed by atoms with van der Waals surface area (Å²) in [5, 5.41) is 2.94. The molecule has 0 aliphatic rings. The Kier molecular flexibility index (Phi) is 5.94. The van der Waals surface area contributed by atoms with Crippen molar-refractivity contribution in [2.45, 2.75) is 6.92 Å². The Labute approximate surface area is 156 Å². The lowest BCUT2D eigenvalue weighted by Gasteiger charge is -2.07. The predicted molar refractivity (Wildman–Crippen MR) is 98.8 cm³/mol. The zero-order valence-electron chi connectivity index (χ0n) is 13.1. The lowest BCUT2D eigenvalue weighted by molar-refractivity contribution is 0.0601. The molecule has 0 aliphatic heterocycles. The first-order valence-electron chi connectivity index (χ1n) is 6.76. The van der Waals surface area contributed by atoms with Gasteiger partial charge in [0.1, 0.15) is 9.88 Å². The molecule has 2 aromatic rings. The van der Waals surface area contributed by atoms with Crippen molar-refractivity contribution in [2.75, 3.05) is 19.5 Å². The molecule has 1 aromatic heterocycles. The van der Waals surface area contributed by atoms with E-state index < -0.39 is 11.9 Å². The number of ether oxygens (including phenoxy) is 2. The predicted octanol–water partition coefficient (Wildman–Crippen LogP) is 3.49. The van der Waals surface area contributed by atoms with Crippen LogP contribution in [-0.2, 0) is 9.47 Å². The number of hydrogen-bond donors (Lipinski definition) is 1. The molecule has 0 radical (unpaired) electrons. The van der Waals surface area contributed by atoms with E-state index in [4.69, 9.17) is 9.47 Å². The number of benzene rings is 1. The van der Waals surface area contributed by atoms with Crippen molar-refractivity contribution in [3.8, 4) is 0 Å². The summed E-state index contributed by atoms with van der Waals surface area (Å²) in [5.41, 5.74) is 1.04. The number of nitrogens with one attached hydrogen (secondary N) is 1. The molecule has 0 bridgehead atoms. The maximum atomic E-state index is 12.5. The van der Waals surface area contributed by atoms with Crippen LogP contribution in [0.2, 0.25) is 0 Å². The van der Waals surface area contributed by atoms with E-state index in [1.54, 1.807) is 25.1 Å². The Morgan fingerprint density at radius 2 is 1.71 bits per heavy atom. The molecular formula is C16H14INO5S. The van der Waals surface area contributed by atoms with Gasteiger partial charge in [0.15, 0.2) is 0 Å². The number of methoxy groups -OCH3 is 2. The molecule has 0 fully saturated rings. The van der Waals surface area contributed by atoms with E-state index >= 15 is 0 Å². The zero-order valence-corrected chi connectivity index (χ0v) is 16.1. The SMILES string of the molecule is COC(=O)c1sc(NC(=O)c2ccccc2I)c(C(=O)OC)c1C. The molecule has 0 aliphatic carbocycles. The van der Waals surface area contributed by atoms with Crippen molar-refractivity contribution in [2.24, 2.45) is 0 Å². The highest BCUT2D eigenvalue weighted by atomic mass is 127. The zero-order chi connectivity index (χ0) is 17.9. The Morgan fingerprint density at radius 3 is 2.29 bits per heavy atom. The van der Waals surface area contributed by atoms with Crippen LogP contribution in [-0.4, -0.2) is 32.1 Å². The average Bonchev–Trinajstić information content (AvgIpc) is 2.90. The second-order valence-corrected chi connectivity index (χ2v) is 6.86. The van der Waals surface area contributed by atoms with Crippen LogP contribution in [0.1, 0.15) is 36.0 Å². The van der Waals surface area contributed by atoms with Gasteiger partial charge in [0.05, 0.1) is 25.3 Å². The van der Waals surface area contributed by atoms with Gasteiger partial charge < -0.3 is 14.8 Å². The summed E-state index contributed by atoms with van der Waals surface area (Å²) >= 11 is 3.03. The molecule has 0 unspecified atom stereocenters. The van der Waals surface area contributed by atoms with Crippen LogP contribution in [0, 0.1) is 10.5 Å². The van der Waals surface area contributed by atoms with E-state index in [1.165, 1.54) is 14.2 Å². The van der Waals surface area contributed by atoms with Crippen LogP contribution in [0.15, 0.2) is 24.3 Å². The first kappa shape index (κ1) is 18.4. The second-order valence-electron chi connectivity index (χ2n) is 4.68. The second kappa shape index (κ2) is 7.75. The summed E-state index contributed by atoms with van der Waals surface area (Å²) in [6.07, 6.45) is 0. The van der Waals surface area contributed by atoms with Gasteiger partial charge in [0.25, 0.3) is 5.91 Å². The first-order valence-corrected chi connectivity index (χ1v) is 8.66. The van der Waals surface area contributed by atoms with Crippen molar-refractivity contribution >= 4 is 56.8 Å². The molecule has 1 N–H and O–H groups in total. The summed E-state index contributed by atoms with van der Waals surface area (Å²) in [4.78, 5) is 36.6.